The molecule has 1 unspecified atom stereocenters. The summed E-state index contributed by atoms with van der Waals surface area (Å²) >= 11 is 0. The number of carbonyl (C=O) groups is 2. The molecule has 1 aliphatic rings. The van der Waals surface area contributed by atoms with Gasteiger partial charge in [0.2, 0.25) is 5.43 Å². The quantitative estimate of drug-likeness (QED) is 0.370. The van der Waals surface area contributed by atoms with Crippen LogP contribution in [0.3, 0.4) is 0 Å². The highest BCUT2D eigenvalue weighted by atomic mass is 19.1. The fourth-order valence-electron chi connectivity index (χ4n) is 3.40. The van der Waals surface area contributed by atoms with Gasteiger partial charge in [-0.3, -0.25) is 19.7 Å². The molecule has 11 heteroatoms. The summed E-state index contributed by atoms with van der Waals surface area (Å²) in [6.07, 6.45) is 2.38. The van der Waals surface area contributed by atoms with Crippen molar-refractivity contribution in [1.82, 2.24) is 4.57 Å². The van der Waals surface area contributed by atoms with Crippen LogP contribution in [0, 0.1) is 27.3 Å². The Bertz CT molecular complexity index is 1190. The maximum absolute atomic E-state index is 15.1. The Balaban J connectivity index is 2.44. The lowest BCUT2D eigenvalue weighted by Crippen LogP contribution is -2.23. The van der Waals surface area contributed by atoms with Crippen LogP contribution < -0.4 is 5.43 Å². The lowest BCUT2D eigenvalue weighted by atomic mass is 9.95. The molecule has 3 rings (SSSR count). The van der Waals surface area contributed by atoms with E-state index in [2.05, 4.69) is 0 Å². The second-order valence-corrected chi connectivity index (χ2v) is 6.82. The standard InChI is InChI=1S/C20H18FN3O7/c1-3-30-19(26)12(8-22)15-14(21)7-11-16(17(15)24(28)29)23(10-5-6-10)9-13(18(11)25)20(27)31-4-2/h7,9-10,12H,3-6H2,1-2H3. The Hall–Kier alpha value is -3.81. The third kappa shape index (κ3) is 3.84. The van der Waals surface area contributed by atoms with Gasteiger partial charge >= 0.3 is 17.6 Å². The van der Waals surface area contributed by atoms with Crippen molar-refractivity contribution in [3.05, 3.63) is 49.5 Å². The van der Waals surface area contributed by atoms with Crippen molar-refractivity contribution in [1.29, 1.82) is 5.26 Å². The average Bonchev–Trinajstić information content (AvgIpc) is 3.55. The number of rotatable bonds is 7. The zero-order valence-electron chi connectivity index (χ0n) is 16.7. The van der Waals surface area contributed by atoms with Gasteiger partial charge in [-0.05, 0) is 32.8 Å². The van der Waals surface area contributed by atoms with E-state index in [9.17, 15) is 29.8 Å². The molecule has 1 heterocycles. The molecular formula is C20H18FN3O7. The van der Waals surface area contributed by atoms with Gasteiger partial charge in [0.25, 0.3) is 0 Å². The summed E-state index contributed by atoms with van der Waals surface area (Å²) in [6.45, 7) is 2.90. The molecular weight excluding hydrogens is 413 g/mol. The number of pyridine rings is 1. The van der Waals surface area contributed by atoms with E-state index in [0.29, 0.717) is 18.9 Å². The summed E-state index contributed by atoms with van der Waals surface area (Å²) in [6, 6.07) is 1.99. The molecule has 1 aromatic carbocycles. The molecule has 0 N–H and O–H groups in total. The first-order valence-electron chi connectivity index (χ1n) is 9.55. The molecule has 162 valence electrons. The van der Waals surface area contributed by atoms with Gasteiger partial charge in [-0.25, -0.2) is 9.18 Å². The highest BCUT2D eigenvalue weighted by molar-refractivity contribution is 5.98. The summed E-state index contributed by atoms with van der Waals surface area (Å²) in [5, 5.41) is 21.0. The van der Waals surface area contributed by atoms with Crippen molar-refractivity contribution in [2.24, 2.45) is 0 Å². The Kier molecular flexibility index (Phi) is 6.01. The number of benzene rings is 1. The molecule has 1 atom stereocenters. The van der Waals surface area contributed by atoms with Crippen LogP contribution in [0.4, 0.5) is 10.1 Å². The molecule has 31 heavy (non-hydrogen) atoms. The summed E-state index contributed by atoms with van der Waals surface area (Å²) in [4.78, 5) is 48.4. The van der Waals surface area contributed by atoms with Crippen LogP contribution in [0.1, 0.15) is 54.6 Å². The molecule has 1 fully saturated rings. The maximum atomic E-state index is 15.1. The van der Waals surface area contributed by atoms with Crippen molar-refractivity contribution in [2.45, 2.75) is 38.6 Å². The number of ether oxygens (including phenoxy) is 2. The van der Waals surface area contributed by atoms with Crippen molar-refractivity contribution in [3.8, 4) is 6.07 Å². The minimum Gasteiger partial charge on any atom is -0.465 e. The third-order valence-corrected chi connectivity index (χ3v) is 4.84. The van der Waals surface area contributed by atoms with Crippen LogP contribution in [-0.2, 0) is 14.3 Å². The first kappa shape index (κ1) is 21.9. The predicted molar refractivity (Wildman–Crippen MR) is 104 cm³/mol. The first-order valence-corrected chi connectivity index (χ1v) is 9.55. The second-order valence-electron chi connectivity index (χ2n) is 6.82. The SMILES string of the molecule is CCOC(=O)c1cn(C2CC2)c2c([N+](=O)[O-])c(C(C#N)C(=O)OCC)c(F)cc2c1=O. The van der Waals surface area contributed by atoms with E-state index >= 15 is 4.39 Å². The van der Waals surface area contributed by atoms with Gasteiger partial charge in [-0.2, -0.15) is 5.26 Å². The largest absolute Gasteiger partial charge is 0.465 e. The fourth-order valence-corrected chi connectivity index (χ4v) is 3.40. The average molecular weight is 431 g/mol. The van der Waals surface area contributed by atoms with Crippen LogP contribution in [0.25, 0.3) is 10.9 Å². The number of nitriles is 1. The number of nitro benzene ring substituents is 1. The molecule has 0 spiro atoms. The molecule has 0 bridgehead atoms. The summed E-state index contributed by atoms with van der Waals surface area (Å²) in [5.74, 6) is -5.27. The summed E-state index contributed by atoms with van der Waals surface area (Å²) in [5.41, 5.74) is -3.25. The number of fused-ring (bicyclic) bond motifs is 1. The van der Waals surface area contributed by atoms with E-state index in [1.165, 1.54) is 11.5 Å². The monoisotopic (exact) mass is 431 g/mol. The number of hydrogen-bond acceptors (Lipinski definition) is 8. The molecule has 0 aliphatic heterocycles. The summed E-state index contributed by atoms with van der Waals surface area (Å²) in [7, 11) is 0. The first-order chi connectivity index (χ1) is 14.8. The van der Waals surface area contributed by atoms with Crippen LogP contribution in [0.15, 0.2) is 17.1 Å². The number of nitrogens with zero attached hydrogens (tertiary/aromatic N) is 3. The number of hydrogen-bond donors (Lipinski definition) is 0. The normalized spacial score (nSPS) is 14.0. The molecule has 10 nitrogen and oxygen atoms in total. The highest BCUT2D eigenvalue weighted by Gasteiger charge is 2.38. The lowest BCUT2D eigenvalue weighted by molar-refractivity contribution is -0.384. The molecule has 0 amide bonds. The number of nitro groups is 1. The maximum Gasteiger partial charge on any atom is 0.343 e. The minimum absolute atomic E-state index is 0.00340. The topological polar surface area (TPSA) is 142 Å². The zero-order chi connectivity index (χ0) is 22.9. The van der Waals surface area contributed by atoms with E-state index < -0.39 is 50.7 Å². The minimum atomic E-state index is -1.91. The Morgan fingerprint density at radius 1 is 1.35 bits per heavy atom. The van der Waals surface area contributed by atoms with Gasteiger partial charge in [0, 0.05) is 12.2 Å². The van der Waals surface area contributed by atoms with Crippen molar-refractivity contribution in [3.63, 3.8) is 0 Å². The van der Waals surface area contributed by atoms with Crippen molar-refractivity contribution < 1.29 is 28.4 Å². The van der Waals surface area contributed by atoms with E-state index in [-0.39, 0.29) is 30.3 Å². The van der Waals surface area contributed by atoms with Crippen LogP contribution >= 0.6 is 0 Å². The Morgan fingerprint density at radius 3 is 2.52 bits per heavy atom. The predicted octanol–water partition coefficient (Wildman–Crippen LogP) is 2.73. The highest BCUT2D eigenvalue weighted by Crippen LogP contribution is 2.42. The van der Waals surface area contributed by atoms with Gasteiger partial charge in [0.15, 0.2) is 5.92 Å². The third-order valence-electron chi connectivity index (χ3n) is 4.84. The Morgan fingerprint density at radius 2 is 2.00 bits per heavy atom. The van der Waals surface area contributed by atoms with Crippen LogP contribution in [0.5, 0.6) is 0 Å². The van der Waals surface area contributed by atoms with Gasteiger partial charge < -0.3 is 14.0 Å². The van der Waals surface area contributed by atoms with E-state index in [4.69, 9.17) is 9.47 Å². The molecule has 1 aliphatic carbocycles. The fraction of sp³-hybridized carbons (Fsp3) is 0.400. The number of carbonyl (C=O) groups excluding carboxylic acids is 2. The lowest BCUT2D eigenvalue weighted by Gasteiger charge is -2.16. The van der Waals surface area contributed by atoms with Gasteiger partial charge in [0.1, 0.15) is 16.9 Å². The molecule has 2 aromatic rings. The van der Waals surface area contributed by atoms with Crippen LogP contribution in [0.2, 0.25) is 0 Å². The van der Waals surface area contributed by atoms with E-state index in [1.54, 1.807) is 13.0 Å². The number of esters is 2. The van der Waals surface area contributed by atoms with Gasteiger partial charge in [-0.15, -0.1) is 0 Å². The smallest absolute Gasteiger partial charge is 0.343 e. The van der Waals surface area contributed by atoms with Crippen LogP contribution in [-0.4, -0.2) is 34.6 Å². The Labute approximate surface area is 174 Å². The number of aromatic nitrogens is 1. The molecule has 1 saturated carbocycles. The van der Waals surface area contributed by atoms with Gasteiger partial charge in [-0.1, -0.05) is 0 Å². The van der Waals surface area contributed by atoms with E-state index in [0.717, 1.165) is 6.20 Å². The van der Waals surface area contributed by atoms with Crippen molar-refractivity contribution in [2.75, 3.05) is 13.2 Å². The van der Waals surface area contributed by atoms with Crippen molar-refractivity contribution >= 4 is 28.5 Å². The second kappa shape index (κ2) is 8.51. The number of halogens is 1. The zero-order valence-corrected chi connectivity index (χ0v) is 16.7. The molecule has 1 aromatic heterocycles. The molecule has 0 saturated heterocycles. The van der Waals surface area contributed by atoms with E-state index in [1.807, 2.05) is 0 Å². The summed E-state index contributed by atoms with van der Waals surface area (Å²) < 4.78 is 26.0. The molecule has 0 radical (unpaired) electrons. The van der Waals surface area contributed by atoms with Gasteiger partial charge in [0.05, 0.1) is 35.2 Å².